The maximum atomic E-state index is 12.2. The average molecular weight is 375 g/mol. The van der Waals surface area contributed by atoms with Crippen LogP contribution >= 0.6 is 0 Å². The third kappa shape index (κ3) is 7.94. The second-order valence-corrected chi connectivity index (χ2v) is 7.89. The second kappa shape index (κ2) is 12.8. The molecule has 0 radical (unpaired) electrons. The van der Waals surface area contributed by atoms with Crippen LogP contribution in [0, 0.1) is 5.92 Å². The molecule has 152 valence electrons. The van der Waals surface area contributed by atoms with Crippen molar-refractivity contribution in [3.63, 3.8) is 0 Å². The van der Waals surface area contributed by atoms with E-state index in [4.69, 9.17) is 9.47 Å². The van der Waals surface area contributed by atoms with E-state index in [0.29, 0.717) is 0 Å². The summed E-state index contributed by atoms with van der Waals surface area (Å²) in [6.45, 7) is 5.23. The van der Waals surface area contributed by atoms with Crippen LogP contribution in [-0.2, 0) is 9.53 Å². The predicted octanol–water partition coefficient (Wildman–Crippen LogP) is 7.00. The van der Waals surface area contributed by atoms with Gasteiger partial charge in [-0.15, -0.1) is 0 Å². The molecule has 0 saturated carbocycles. The molecular formula is C24H38O3. The van der Waals surface area contributed by atoms with Crippen molar-refractivity contribution >= 4 is 5.97 Å². The fourth-order valence-corrected chi connectivity index (χ4v) is 3.75. The molecule has 2 unspecified atom stereocenters. The van der Waals surface area contributed by atoms with Gasteiger partial charge >= 0.3 is 5.97 Å². The lowest BCUT2D eigenvalue weighted by molar-refractivity contribution is -0.144. The number of esters is 1. The monoisotopic (exact) mass is 374 g/mol. The molecule has 0 N–H and O–H groups in total. The smallest absolute Gasteiger partial charge is 0.309 e. The van der Waals surface area contributed by atoms with E-state index in [9.17, 15) is 4.79 Å². The summed E-state index contributed by atoms with van der Waals surface area (Å²) in [6, 6.07) is 8.10. The fraction of sp³-hybridized carbons (Fsp3) is 0.708. The molecular weight excluding hydrogens is 336 g/mol. The molecule has 1 saturated heterocycles. The third-order valence-corrected chi connectivity index (χ3v) is 5.51. The van der Waals surface area contributed by atoms with Gasteiger partial charge in [0.25, 0.3) is 0 Å². The molecule has 0 aliphatic carbocycles. The van der Waals surface area contributed by atoms with Gasteiger partial charge in [0.1, 0.15) is 11.9 Å². The standard InChI is InChI=1S/C24H38O3/c1-3-5-7-9-10-11-13-21-19-23(27-24(21)25)20-14-16-22(17-15-20)26-18-12-8-6-4-2/h14-17,21,23H,3-13,18-19H2,1-2H3. The summed E-state index contributed by atoms with van der Waals surface area (Å²) in [5, 5.41) is 0. The van der Waals surface area contributed by atoms with E-state index in [1.807, 2.05) is 24.3 Å². The minimum absolute atomic E-state index is 0.00944. The molecule has 2 rings (SSSR count). The third-order valence-electron chi connectivity index (χ3n) is 5.51. The van der Waals surface area contributed by atoms with E-state index in [2.05, 4.69) is 13.8 Å². The van der Waals surface area contributed by atoms with Crippen molar-refractivity contribution in [1.82, 2.24) is 0 Å². The number of hydrogen-bond donors (Lipinski definition) is 0. The molecule has 2 atom stereocenters. The van der Waals surface area contributed by atoms with Gasteiger partial charge in [0.05, 0.1) is 12.5 Å². The van der Waals surface area contributed by atoms with E-state index in [0.717, 1.165) is 43.6 Å². The first-order chi connectivity index (χ1) is 13.2. The van der Waals surface area contributed by atoms with Crippen LogP contribution in [0.25, 0.3) is 0 Å². The first kappa shape index (κ1) is 21.8. The van der Waals surface area contributed by atoms with E-state index in [1.54, 1.807) is 0 Å². The number of rotatable bonds is 14. The highest BCUT2D eigenvalue weighted by Crippen LogP contribution is 2.36. The van der Waals surface area contributed by atoms with Gasteiger partial charge in [-0.25, -0.2) is 0 Å². The van der Waals surface area contributed by atoms with Crippen molar-refractivity contribution in [1.29, 1.82) is 0 Å². The molecule has 1 aromatic rings. The quantitative estimate of drug-likeness (QED) is 0.260. The Morgan fingerprint density at radius 1 is 0.889 bits per heavy atom. The van der Waals surface area contributed by atoms with Crippen LogP contribution in [0.5, 0.6) is 5.75 Å². The molecule has 0 amide bonds. The lowest BCUT2D eigenvalue weighted by atomic mass is 9.95. The number of carbonyl (C=O) groups excluding carboxylic acids is 1. The maximum Gasteiger partial charge on any atom is 0.309 e. The molecule has 0 aromatic heterocycles. The fourth-order valence-electron chi connectivity index (χ4n) is 3.75. The number of benzene rings is 1. The number of hydrogen-bond acceptors (Lipinski definition) is 3. The minimum atomic E-state index is -0.0822. The summed E-state index contributed by atoms with van der Waals surface area (Å²) in [5.74, 6) is 0.976. The van der Waals surface area contributed by atoms with Gasteiger partial charge in [0, 0.05) is 6.42 Å². The van der Waals surface area contributed by atoms with E-state index < -0.39 is 0 Å². The SMILES string of the molecule is CCCCCCCCC1CC(c2ccc(OCCCCCC)cc2)OC1=O. The molecule has 1 fully saturated rings. The lowest BCUT2D eigenvalue weighted by Crippen LogP contribution is -2.07. The molecule has 1 aliphatic rings. The molecule has 1 heterocycles. The molecule has 3 nitrogen and oxygen atoms in total. The lowest BCUT2D eigenvalue weighted by Gasteiger charge is -2.11. The Kier molecular flexibility index (Phi) is 10.3. The van der Waals surface area contributed by atoms with Gasteiger partial charge in [0.2, 0.25) is 0 Å². The number of ether oxygens (including phenoxy) is 2. The Hall–Kier alpha value is -1.51. The summed E-state index contributed by atoms with van der Waals surface area (Å²) >= 11 is 0. The van der Waals surface area contributed by atoms with E-state index >= 15 is 0 Å². The normalized spacial score (nSPS) is 19.3. The van der Waals surface area contributed by atoms with Gasteiger partial charge in [-0.1, -0.05) is 83.8 Å². The van der Waals surface area contributed by atoms with Crippen LogP contribution in [0.3, 0.4) is 0 Å². The maximum absolute atomic E-state index is 12.2. The van der Waals surface area contributed by atoms with E-state index in [-0.39, 0.29) is 18.0 Å². The number of unbranched alkanes of at least 4 members (excludes halogenated alkanes) is 8. The van der Waals surface area contributed by atoms with Crippen molar-refractivity contribution in [2.45, 2.75) is 97.0 Å². The van der Waals surface area contributed by atoms with Crippen LogP contribution in [0.2, 0.25) is 0 Å². The van der Waals surface area contributed by atoms with Crippen molar-refractivity contribution < 1.29 is 14.3 Å². The zero-order chi connectivity index (χ0) is 19.3. The van der Waals surface area contributed by atoms with Crippen molar-refractivity contribution in [3.8, 4) is 5.75 Å². The first-order valence-electron chi connectivity index (χ1n) is 11.2. The summed E-state index contributed by atoms with van der Waals surface area (Å²) in [4.78, 5) is 12.2. The summed E-state index contributed by atoms with van der Waals surface area (Å²) in [5.41, 5.74) is 1.09. The molecule has 1 aromatic carbocycles. The van der Waals surface area contributed by atoms with Gasteiger partial charge in [0.15, 0.2) is 0 Å². The van der Waals surface area contributed by atoms with Gasteiger partial charge in [-0.2, -0.15) is 0 Å². The summed E-state index contributed by atoms with van der Waals surface area (Å²) in [7, 11) is 0. The highest BCUT2D eigenvalue weighted by molar-refractivity contribution is 5.74. The topological polar surface area (TPSA) is 35.5 Å². The van der Waals surface area contributed by atoms with Gasteiger partial charge < -0.3 is 9.47 Å². The molecule has 1 aliphatic heterocycles. The van der Waals surface area contributed by atoms with Crippen molar-refractivity contribution in [2.75, 3.05) is 6.61 Å². The molecule has 0 bridgehead atoms. The predicted molar refractivity (Wildman–Crippen MR) is 111 cm³/mol. The summed E-state index contributed by atoms with van der Waals surface area (Å²) in [6.07, 6.45) is 14.2. The zero-order valence-corrected chi connectivity index (χ0v) is 17.4. The minimum Gasteiger partial charge on any atom is -0.494 e. The Labute approximate surface area is 165 Å². The Bertz CT molecular complexity index is 523. The van der Waals surface area contributed by atoms with E-state index in [1.165, 1.54) is 51.4 Å². The highest BCUT2D eigenvalue weighted by Gasteiger charge is 2.34. The Morgan fingerprint density at radius 2 is 1.52 bits per heavy atom. The van der Waals surface area contributed by atoms with Crippen LogP contribution in [-0.4, -0.2) is 12.6 Å². The van der Waals surface area contributed by atoms with Crippen LogP contribution in [0.1, 0.15) is 103 Å². The largest absolute Gasteiger partial charge is 0.494 e. The van der Waals surface area contributed by atoms with Crippen LogP contribution in [0.15, 0.2) is 24.3 Å². The molecule has 3 heteroatoms. The van der Waals surface area contributed by atoms with Crippen molar-refractivity contribution in [3.05, 3.63) is 29.8 Å². The van der Waals surface area contributed by atoms with Crippen LogP contribution < -0.4 is 4.74 Å². The first-order valence-corrected chi connectivity index (χ1v) is 11.2. The summed E-state index contributed by atoms with van der Waals surface area (Å²) < 4.78 is 11.4. The average Bonchev–Trinajstić information content (AvgIpc) is 3.05. The van der Waals surface area contributed by atoms with Crippen molar-refractivity contribution in [2.24, 2.45) is 5.92 Å². The van der Waals surface area contributed by atoms with Gasteiger partial charge in [-0.05, 0) is 30.5 Å². The highest BCUT2D eigenvalue weighted by atomic mass is 16.6. The molecule has 0 spiro atoms. The Balaban J connectivity index is 1.69. The number of carbonyl (C=O) groups is 1. The van der Waals surface area contributed by atoms with Gasteiger partial charge in [-0.3, -0.25) is 4.79 Å². The zero-order valence-electron chi connectivity index (χ0n) is 17.4. The number of cyclic esters (lactones) is 1. The van der Waals surface area contributed by atoms with Crippen LogP contribution in [0.4, 0.5) is 0 Å². The Morgan fingerprint density at radius 3 is 2.22 bits per heavy atom. The molecule has 27 heavy (non-hydrogen) atoms. The second-order valence-electron chi connectivity index (χ2n) is 7.89.